The Kier molecular flexibility index (Phi) is 5.04. The minimum Gasteiger partial charge on any atom is -0.329 e. The predicted octanol–water partition coefficient (Wildman–Crippen LogP) is 3.60. The zero-order chi connectivity index (χ0) is 13.0. The van der Waals surface area contributed by atoms with Crippen molar-refractivity contribution in [3.63, 3.8) is 0 Å². The van der Waals surface area contributed by atoms with E-state index in [1.165, 1.54) is 31.2 Å². The molecule has 1 saturated carbocycles. The molecule has 1 aliphatic carbocycles. The maximum absolute atomic E-state index is 6.32. The highest BCUT2D eigenvalue weighted by Crippen LogP contribution is 2.36. The molecule has 1 aromatic rings. The number of unbranched alkanes of at least 4 members (excludes halogenated alkanes) is 1. The lowest BCUT2D eigenvalue weighted by Gasteiger charge is -2.32. The molecule has 0 saturated heterocycles. The van der Waals surface area contributed by atoms with Crippen LogP contribution in [0.5, 0.6) is 0 Å². The number of rotatable bonds is 7. The molecule has 1 atom stereocenters. The Morgan fingerprint density at radius 3 is 2.67 bits per heavy atom. The molecule has 2 rings (SSSR count). The van der Waals surface area contributed by atoms with Gasteiger partial charge in [0.25, 0.3) is 0 Å². The van der Waals surface area contributed by atoms with Crippen molar-refractivity contribution in [3.8, 4) is 0 Å². The Hall–Kier alpha value is -0.570. The van der Waals surface area contributed by atoms with Crippen molar-refractivity contribution in [1.82, 2.24) is 4.90 Å². The second kappa shape index (κ2) is 6.55. The third-order valence-corrected chi connectivity index (χ3v) is 4.02. The number of hydrogen-bond donors (Lipinski definition) is 1. The zero-order valence-electron chi connectivity index (χ0n) is 11.1. The maximum atomic E-state index is 6.32. The molecule has 2 N–H and O–H groups in total. The van der Waals surface area contributed by atoms with Gasteiger partial charge in [0.05, 0.1) is 0 Å². The molecule has 0 aliphatic heterocycles. The van der Waals surface area contributed by atoms with Gasteiger partial charge in [0.2, 0.25) is 0 Å². The molecule has 0 heterocycles. The second-order valence-electron chi connectivity index (χ2n) is 5.10. The number of hydrogen-bond acceptors (Lipinski definition) is 2. The molecule has 0 radical (unpaired) electrons. The fourth-order valence-electron chi connectivity index (χ4n) is 2.53. The normalized spacial score (nSPS) is 17.1. The summed E-state index contributed by atoms with van der Waals surface area (Å²) in [4.78, 5) is 2.56. The van der Waals surface area contributed by atoms with E-state index in [0.29, 0.717) is 6.54 Å². The van der Waals surface area contributed by atoms with Crippen LogP contribution < -0.4 is 5.73 Å². The van der Waals surface area contributed by atoms with Gasteiger partial charge < -0.3 is 5.73 Å². The Labute approximate surface area is 115 Å². The predicted molar refractivity (Wildman–Crippen MR) is 77.9 cm³/mol. The Morgan fingerprint density at radius 2 is 2.11 bits per heavy atom. The highest BCUT2D eigenvalue weighted by molar-refractivity contribution is 6.31. The van der Waals surface area contributed by atoms with Crippen molar-refractivity contribution in [3.05, 3.63) is 34.9 Å². The standard InChI is InChI=1S/C15H23ClN2/c1-2-3-10-18(12-8-9-12)15(11-17)13-6-4-5-7-14(13)16/h4-7,12,15H,2-3,8-11,17H2,1H3. The smallest absolute Gasteiger partial charge is 0.0488 e. The molecular formula is C15H23ClN2. The Morgan fingerprint density at radius 1 is 1.39 bits per heavy atom. The average Bonchev–Trinajstić information content (AvgIpc) is 3.20. The number of nitrogens with two attached hydrogens (primary N) is 1. The lowest BCUT2D eigenvalue weighted by Crippen LogP contribution is -2.36. The summed E-state index contributed by atoms with van der Waals surface area (Å²) >= 11 is 6.32. The van der Waals surface area contributed by atoms with Crippen molar-refractivity contribution in [2.24, 2.45) is 5.73 Å². The molecule has 3 heteroatoms. The van der Waals surface area contributed by atoms with E-state index in [1.807, 2.05) is 12.1 Å². The van der Waals surface area contributed by atoms with Gasteiger partial charge in [-0.05, 0) is 37.4 Å². The van der Waals surface area contributed by atoms with E-state index in [-0.39, 0.29) is 6.04 Å². The molecule has 0 aromatic heterocycles. The molecule has 0 amide bonds. The highest BCUT2D eigenvalue weighted by atomic mass is 35.5. The number of nitrogens with zero attached hydrogens (tertiary/aromatic N) is 1. The highest BCUT2D eigenvalue weighted by Gasteiger charge is 2.34. The van der Waals surface area contributed by atoms with Gasteiger partial charge in [-0.2, -0.15) is 0 Å². The molecule has 2 nitrogen and oxygen atoms in total. The summed E-state index contributed by atoms with van der Waals surface area (Å²) in [5, 5.41) is 0.843. The summed E-state index contributed by atoms with van der Waals surface area (Å²) < 4.78 is 0. The Bertz CT molecular complexity index is 377. The summed E-state index contributed by atoms with van der Waals surface area (Å²) in [6, 6.07) is 9.10. The van der Waals surface area contributed by atoms with Crippen molar-refractivity contribution in [2.75, 3.05) is 13.1 Å². The fourth-order valence-corrected chi connectivity index (χ4v) is 2.79. The van der Waals surface area contributed by atoms with Crippen molar-refractivity contribution in [1.29, 1.82) is 0 Å². The second-order valence-corrected chi connectivity index (χ2v) is 5.50. The molecule has 0 bridgehead atoms. The lowest BCUT2D eigenvalue weighted by molar-refractivity contribution is 0.188. The van der Waals surface area contributed by atoms with Gasteiger partial charge >= 0.3 is 0 Å². The van der Waals surface area contributed by atoms with E-state index in [1.54, 1.807) is 0 Å². The summed E-state index contributed by atoms with van der Waals surface area (Å²) in [6.45, 7) is 4.01. The van der Waals surface area contributed by atoms with E-state index in [9.17, 15) is 0 Å². The molecular weight excluding hydrogens is 244 g/mol. The van der Waals surface area contributed by atoms with Crippen LogP contribution in [-0.2, 0) is 0 Å². The molecule has 1 unspecified atom stereocenters. The minimum absolute atomic E-state index is 0.276. The number of halogens is 1. The molecule has 1 aromatic carbocycles. The average molecular weight is 267 g/mol. The van der Waals surface area contributed by atoms with Crippen LogP contribution in [0, 0.1) is 0 Å². The third kappa shape index (κ3) is 3.25. The lowest BCUT2D eigenvalue weighted by atomic mass is 10.0. The SMILES string of the molecule is CCCCN(C1CC1)C(CN)c1ccccc1Cl. The monoisotopic (exact) mass is 266 g/mol. The minimum atomic E-state index is 0.276. The van der Waals surface area contributed by atoms with Crippen molar-refractivity contribution < 1.29 is 0 Å². The molecule has 1 fully saturated rings. The first kappa shape index (κ1) is 13.9. The third-order valence-electron chi connectivity index (χ3n) is 3.67. The number of benzene rings is 1. The van der Waals surface area contributed by atoms with Crippen LogP contribution in [0.15, 0.2) is 24.3 Å². The quantitative estimate of drug-likeness (QED) is 0.817. The van der Waals surface area contributed by atoms with Gasteiger partial charge in [0.15, 0.2) is 0 Å². The summed E-state index contributed by atoms with van der Waals surface area (Å²) in [5.41, 5.74) is 7.20. The van der Waals surface area contributed by atoms with Crippen LogP contribution in [0.3, 0.4) is 0 Å². The van der Waals surface area contributed by atoms with Crippen LogP contribution in [0.4, 0.5) is 0 Å². The van der Waals surface area contributed by atoms with E-state index < -0.39 is 0 Å². The summed E-state index contributed by atoms with van der Waals surface area (Å²) in [6.07, 6.45) is 5.08. The van der Waals surface area contributed by atoms with Gasteiger partial charge in [-0.15, -0.1) is 0 Å². The van der Waals surface area contributed by atoms with Crippen LogP contribution in [0.25, 0.3) is 0 Å². The fraction of sp³-hybridized carbons (Fsp3) is 0.600. The summed E-state index contributed by atoms with van der Waals surface area (Å²) in [7, 11) is 0. The first-order chi connectivity index (χ1) is 8.77. The van der Waals surface area contributed by atoms with Crippen LogP contribution >= 0.6 is 11.6 Å². The van der Waals surface area contributed by atoms with E-state index in [0.717, 1.165) is 17.6 Å². The molecule has 18 heavy (non-hydrogen) atoms. The molecule has 0 spiro atoms. The first-order valence-electron chi connectivity index (χ1n) is 6.98. The topological polar surface area (TPSA) is 29.3 Å². The van der Waals surface area contributed by atoms with E-state index in [4.69, 9.17) is 17.3 Å². The van der Waals surface area contributed by atoms with Crippen molar-refractivity contribution in [2.45, 2.75) is 44.7 Å². The van der Waals surface area contributed by atoms with Crippen LogP contribution in [-0.4, -0.2) is 24.0 Å². The van der Waals surface area contributed by atoms with Gasteiger partial charge in [0, 0.05) is 23.7 Å². The van der Waals surface area contributed by atoms with Crippen molar-refractivity contribution >= 4 is 11.6 Å². The largest absolute Gasteiger partial charge is 0.329 e. The van der Waals surface area contributed by atoms with Gasteiger partial charge in [0.1, 0.15) is 0 Å². The molecule has 1 aliphatic rings. The van der Waals surface area contributed by atoms with Gasteiger partial charge in [-0.25, -0.2) is 0 Å². The Balaban J connectivity index is 2.17. The van der Waals surface area contributed by atoms with Gasteiger partial charge in [-0.3, -0.25) is 4.90 Å². The van der Waals surface area contributed by atoms with Gasteiger partial charge in [-0.1, -0.05) is 43.1 Å². The summed E-state index contributed by atoms with van der Waals surface area (Å²) in [5.74, 6) is 0. The zero-order valence-corrected chi connectivity index (χ0v) is 11.9. The van der Waals surface area contributed by atoms with Crippen LogP contribution in [0.2, 0.25) is 5.02 Å². The van der Waals surface area contributed by atoms with E-state index >= 15 is 0 Å². The molecule has 100 valence electrons. The van der Waals surface area contributed by atoms with E-state index in [2.05, 4.69) is 24.0 Å². The first-order valence-corrected chi connectivity index (χ1v) is 7.36. The van der Waals surface area contributed by atoms with Crippen LogP contribution in [0.1, 0.15) is 44.2 Å². The maximum Gasteiger partial charge on any atom is 0.0488 e.